The van der Waals surface area contributed by atoms with Gasteiger partial charge in [-0.15, -0.1) is 6.42 Å². The van der Waals surface area contributed by atoms with Crippen LogP contribution in [0.15, 0.2) is 162 Å². The number of allylic oxidation sites excluding steroid dienone is 13. The lowest BCUT2D eigenvalue weighted by atomic mass is 9.91. The number of benzene rings is 4. The van der Waals surface area contributed by atoms with E-state index in [0.717, 1.165) is 66.7 Å². The van der Waals surface area contributed by atoms with Crippen LogP contribution in [0.1, 0.15) is 86.8 Å². The van der Waals surface area contributed by atoms with Gasteiger partial charge in [-0.3, -0.25) is 0 Å². The Morgan fingerprint density at radius 3 is 2.22 bits per heavy atom. The molecule has 1 atom stereocenters. The van der Waals surface area contributed by atoms with Crippen LogP contribution in [0, 0.1) is 19.3 Å². The highest BCUT2D eigenvalue weighted by molar-refractivity contribution is 6.33. The van der Waals surface area contributed by atoms with Crippen LogP contribution in [0.5, 0.6) is 0 Å². The van der Waals surface area contributed by atoms with E-state index in [4.69, 9.17) is 14.3 Å². The summed E-state index contributed by atoms with van der Waals surface area (Å²) in [5.41, 5.74) is 21.1. The minimum Gasteiger partial charge on any atom is -0.338 e. The molecule has 0 spiro atoms. The summed E-state index contributed by atoms with van der Waals surface area (Å²) in [7, 11) is 7.04. The fraction of sp³-hybridized carbons (Fsp3) is 0.222. The predicted octanol–water partition coefficient (Wildman–Crippen LogP) is 12.5. The number of fused-ring (bicyclic) bond motifs is 2. The topological polar surface area (TPSA) is 9.72 Å². The van der Waals surface area contributed by atoms with Crippen molar-refractivity contribution in [2.75, 3.05) is 14.7 Å². The molecule has 0 aliphatic heterocycles. The van der Waals surface area contributed by atoms with Gasteiger partial charge in [0.25, 0.3) is 0 Å². The summed E-state index contributed by atoms with van der Waals surface area (Å²) in [6.07, 6.45) is 29.8. The molecule has 0 heterocycles. The highest BCUT2D eigenvalue weighted by Gasteiger charge is 2.34. The molecule has 4 aliphatic carbocycles. The van der Waals surface area contributed by atoms with Crippen LogP contribution in [0.4, 0.5) is 22.7 Å². The Morgan fingerprint density at radius 1 is 0.741 bits per heavy atom. The summed E-state index contributed by atoms with van der Waals surface area (Å²) in [4.78, 5) is 7.43. The second-order valence-corrected chi connectivity index (χ2v) is 15.9. The van der Waals surface area contributed by atoms with Crippen LogP contribution in [-0.2, 0) is 12.8 Å². The first-order valence-electron chi connectivity index (χ1n) is 20.7. The van der Waals surface area contributed by atoms with Crippen LogP contribution in [0.3, 0.4) is 0 Å². The third-order valence-electron chi connectivity index (χ3n) is 12.3. The van der Waals surface area contributed by atoms with Crippen molar-refractivity contribution < 1.29 is 0 Å². The van der Waals surface area contributed by atoms with Crippen molar-refractivity contribution in [3.05, 3.63) is 196 Å². The van der Waals surface area contributed by atoms with E-state index in [2.05, 4.69) is 165 Å². The van der Waals surface area contributed by atoms with E-state index < -0.39 is 0 Å². The van der Waals surface area contributed by atoms with E-state index in [1.54, 1.807) is 0 Å². The molecule has 58 heavy (non-hydrogen) atoms. The maximum atomic E-state index is 7.04. The van der Waals surface area contributed by atoms with Crippen molar-refractivity contribution in [1.82, 2.24) is 0 Å². The quantitative estimate of drug-likeness (QED) is 0.0858. The minimum atomic E-state index is 0.0258. The Morgan fingerprint density at radius 2 is 1.47 bits per heavy atom. The summed E-state index contributed by atoms with van der Waals surface area (Å²) < 4.78 is 0. The van der Waals surface area contributed by atoms with E-state index in [1.807, 2.05) is 24.3 Å². The molecule has 1 unspecified atom stereocenters. The fourth-order valence-corrected chi connectivity index (χ4v) is 9.40. The van der Waals surface area contributed by atoms with Crippen molar-refractivity contribution in [3.63, 3.8) is 0 Å². The lowest BCUT2D eigenvalue weighted by Gasteiger charge is -2.37. The first-order chi connectivity index (χ1) is 28.2. The van der Waals surface area contributed by atoms with Gasteiger partial charge in [0.15, 0.2) is 0 Å². The summed E-state index contributed by atoms with van der Waals surface area (Å²) in [5.74, 6) is 3.03. The number of anilines is 4. The molecule has 0 fully saturated rings. The van der Waals surface area contributed by atoms with E-state index in [-0.39, 0.29) is 6.04 Å². The summed E-state index contributed by atoms with van der Waals surface area (Å²) in [6, 6.07) is 28.2. The number of rotatable bonds is 11. The molecule has 4 aliphatic rings. The molecule has 3 nitrogen and oxygen atoms in total. The first kappa shape index (κ1) is 38.7. The highest BCUT2D eigenvalue weighted by Crippen LogP contribution is 2.48. The third-order valence-corrected chi connectivity index (χ3v) is 12.3. The van der Waals surface area contributed by atoms with Crippen LogP contribution < -0.4 is 20.2 Å². The standard InChI is InChI=1S/C54H52BN3/c1-8-10-22-37(4)56(51-32-42-24-15-17-27-45(42)38(51)5)52-33-43(55)34-53(40(52)7)58(49-30-19-16-23-41(49)9-2)54-35-47-46(39(54)6)28-20-31-50(47)57(44-25-12-11-13-26-44)48-29-18-14-21-36(48)3/h2,8,10,12,14-17,19-28,30-31,33-34,37H,1,11,13,18,29,32,35H2,3-7H3/b22-10-. The zero-order valence-corrected chi connectivity index (χ0v) is 34.6. The average Bonchev–Trinajstić information content (AvgIpc) is 3.76. The van der Waals surface area contributed by atoms with Gasteiger partial charge in [0.1, 0.15) is 7.85 Å². The lowest BCUT2D eigenvalue weighted by molar-refractivity contribution is 0.802. The molecule has 4 heteroatoms. The summed E-state index contributed by atoms with van der Waals surface area (Å²) in [5, 5.41) is 0. The van der Waals surface area contributed by atoms with Crippen molar-refractivity contribution >= 4 is 47.2 Å². The van der Waals surface area contributed by atoms with Gasteiger partial charge in [0.2, 0.25) is 0 Å². The summed E-state index contributed by atoms with van der Waals surface area (Å²) >= 11 is 0. The molecule has 0 aromatic heterocycles. The third kappa shape index (κ3) is 6.94. The van der Waals surface area contributed by atoms with Crippen LogP contribution in [-0.4, -0.2) is 13.9 Å². The van der Waals surface area contributed by atoms with E-state index in [1.165, 1.54) is 67.4 Å². The zero-order chi connectivity index (χ0) is 40.5. The molecule has 286 valence electrons. The SMILES string of the molecule is [B]c1cc(N(C2=C(C)c3cccc(N(C4=CCCC=C4)C4=C(C)C=CCC4)c3C2)c2ccccc2C#C)c(C)c(N(C2=C(C)c3ccccc3C2)C(C)/C=C\C=C)c1. The van der Waals surface area contributed by atoms with Gasteiger partial charge in [-0.2, -0.15) is 0 Å². The molecule has 4 aromatic rings. The second kappa shape index (κ2) is 16.4. The molecular weight excluding hydrogens is 701 g/mol. The molecule has 0 N–H and O–H groups in total. The Kier molecular flexibility index (Phi) is 10.9. The van der Waals surface area contributed by atoms with E-state index in [0.29, 0.717) is 5.46 Å². The molecule has 0 amide bonds. The van der Waals surface area contributed by atoms with Gasteiger partial charge in [-0.05, 0) is 141 Å². The number of nitrogens with zero attached hydrogens (tertiary/aromatic N) is 3. The fourth-order valence-electron chi connectivity index (χ4n) is 9.40. The van der Waals surface area contributed by atoms with Gasteiger partial charge in [-0.25, -0.2) is 0 Å². The lowest BCUT2D eigenvalue weighted by Crippen LogP contribution is -2.33. The summed E-state index contributed by atoms with van der Waals surface area (Å²) in [6.45, 7) is 15.3. The highest BCUT2D eigenvalue weighted by atomic mass is 15.2. The van der Waals surface area contributed by atoms with Gasteiger partial charge in [-0.1, -0.05) is 109 Å². The van der Waals surface area contributed by atoms with Crippen LogP contribution >= 0.6 is 0 Å². The Balaban J connectivity index is 1.31. The smallest absolute Gasteiger partial charge is 0.114 e. The molecular formula is C54H52BN3. The zero-order valence-electron chi connectivity index (χ0n) is 34.6. The maximum Gasteiger partial charge on any atom is 0.114 e. The molecule has 2 radical (unpaired) electrons. The molecule has 4 aromatic carbocycles. The van der Waals surface area contributed by atoms with Crippen molar-refractivity contribution in [3.8, 4) is 12.3 Å². The molecule has 8 rings (SSSR count). The Hall–Kier alpha value is -6.18. The monoisotopic (exact) mass is 753 g/mol. The van der Waals surface area contributed by atoms with Gasteiger partial charge in [0.05, 0.1) is 11.4 Å². The first-order valence-corrected chi connectivity index (χ1v) is 20.7. The van der Waals surface area contributed by atoms with Crippen molar-refractivity contribution in [1.29, 1.82) is 0 Å². The number of hydrogen-bond acceptors (Lipinski definition) is 3. The van der Waals surface area contributed by atoms with Crippen LogP contribution in [0.25, 0.3) is 11.1 Å². The van der Waals surface area contributed by atoms with Crippen molar-refractivity contribution in [2.45, 2.75) is 79.2 Å². The predicted molar refractivity (Wildman–Crippen MR) is 250 cm³/mol. The average molecular weight is 754 g/mol. The number of terminal acetylenes is 1. The minimum absolute atomic E-state index is 0.0258. The maximum absolute atomic E-state index is 7.04. The van der Waals surface area contributed by atoms with Crippen molar-refractivity contribution in [2.24, 2.45) is 0 Å². The number of para-hydroxylation sites is 1. The Bertz CT molecular complexity index is 2580. The van der Waals surface area contributed by atoms with Gasteiger partial charge < -0.3 is 14.7 Å². The van der Waals surface area contributed by atoms with Gasteiger partial charge in [0, 0.05) is 58.6 Å². The second-order valence-electron chi connectivity index (χ2n) is 15.9. The Labute approximate surface area is 347 Å². The molecule has 0 saturated carbocycles. The van der Waals surface area contributed by atoms with E-state index in [9.17, 15) is 0 Å². The van der Waals surface area contributed by atoms with Gasteiger partial charge >= 0.3 is 0 Å². The largest absolute Gasteiger partial charge is 0.338 e. The van der Waals surface area contributed by atoms with E-state index >= 15 is 0 Å². The number of hydrogen-bond donors (Lipinski definition) is 0. The molecule has 0 saturated heterocycles. The normalized spacial score (nSPS) is 16.4. The molecule has 0 bridgehead atoms. The van der Waals surface area contributed by atoms with Crippen LogP contribution in [0.2, 0.25) is 0 Å².